The second-order valence-corrected chi connectivity index (χ2v) is 4.46. The smallest absolute Gasteiger partial charge is 0.253 e. The van der Waals surface area contributed by atoms with Gasteiger partial charge in [0.05, 0.1) is 11.9 Å². The van der Waals surface area contributed by atoms with E-state index in [2.05, 4.69) is 15.3 Å². The molecule has 1 amide bonds. The summed E-state index contributed by atoms with van der Waals surface area (Å²) in [6.45, 7) is 2.56. The fourth-order valence-corrected chi connectivity index (χ4v) is 1.77. The molecule has 2 aromatic rings. The summed E-state index contributed by atoms with van der Waals surface area (Å²) >= 11 is 0. The van der Waals surface area contributed by atoms with Crippen LogP contribution in [0.2, 0.25) is 0 Å². The Morgan fingerprint density at radius 2 is 2.19 bits per heavy atom. The summed E-state index contributed by atoms with van der Waals surface area (Å²) in [6.07, 6.45) is 3.54. The van der Waals surface area contributed by atoms with Crippen LogP contribution in [0.5, 0.6) is 0 Å². The predicted molar refractivity (Wildman–Crippen MR) is 77.3 cm³/mol. The zero-order valence-corrected chi connectivity index (χ0v) is 11.6. The van der Waals surface area contributed by atoms with Crippen molar-refractivity contribution in [3.8, 4) is 0 Å². The SMILES string of the molecule is CCc1cc(=O)n(CCNC(=O)c2ccc(=O)[nH]c2)cn1. The van der Waals surface area contributed by atoms with Gasteiger partial charge in [0.2, 0.25) is 5.56 Å². The summed E-state index contributed by atoms with van der Waals surface area (Å²) in [7, 11) is 0. The van der Waals surface area contributed by atoms with Crippen molar-refractivity contribution in [1.82, 2.24) is 19.9 Å². The standard InChI is InChI=1S/C14H16N4O3/c1-2-11-7-13(20)18(9-17-11)6-5-15-14(21)10-3-4-12(19)16-8-10/h3-4,7-9H,2,5-6H2,1H3,(H,15,21)(H,16,19). The average Bonchev–Trinajstić information content (AvgIpc) is 2.49. The minimum absolute atomic E-state index is 0.139. The molecule has 7 heteroatoms. The van der Waals surface area contributed by atoms with Gasteiger partial charge in [-0.2, -0.15) is 0 Å². The minimum Gasteiger partial charge on any atom is -0.350 e. The highest BCUT2D eigenvalue weighted by molar-refractivity contribution is 5.93. The minimum atomic E-state index is -0.308. The molecule has 0 unspecified atom stereocenters. The number of amides is 1. The first-order chi connectivity index (χ1) is 10.1. The van der Waals surface area contributed by atoms with Gasteiger partial charge in [0.25, 0.3) is 11.5 Å². The zero-order valence-electron chi connectivity index (χ0n) is 11.6. The van der Waals surface area contributed by atoms with Crippen LogP contribution in [0, 0.1) is 0 Å². The second-order valence-electron chi connectivity index (χ2n) is 4.46. The predicted octanol–water partition coefficient (Wildman–Crippen LogP) is -0.0760. The highest BCUT2D eigenvalue weighted by Crippen LogP contribution is 1.93. The Morgan fingerprint density at radius 1 is 1.38 bits per heavy atom. The third-order valence-electron chi connectivity index (χ3n) is 2.98. The summed E-state index contributed by atoms with van der Waals surface area (Å²) in [5, 5.41) is 2.67. The fourth-order valence-electron chi connectivity index (χ4n) is 1.77. The van der Waals surface area contributed by atoms with Crippen LogP contribution in [0.1, 0.15) is 23.0 Å². The van der Waals surface area contributed by atoms with Gasteiger partial charge >= 0.3 is 0 Å². The van der Waals surface area contributed by atoms with Crippen molar-refractivity contribution in [3.63, 3.8) is 0 Å². The van der Waals surface area contributed by atoms with Crippen LogP contribution in [-0.4, -0.2) is 27.0 Å². The first-order valence-corrected chi connectivity index (χ1v) is 6.62. The molecular weight excluding hydrogens is 272 g/mol. The van der Waals surface area contributed by atoms with E-state index in [0.29, 0.717) is 25.1 Å². The molecule has 0 fully saturated rings. The van der Waals surface area contributed by atoms with Gasteiger partial charge in [-0.1, -0.05) is 6.92 Å². The molecule has 0 aromatic carbocycles. The molecule has 0 radical (unpaired) electrons. The molecule has 2 aromatic heterocycles. The quantitative estimate of drug-likeness (QED) is 0.804. The Morgan fingerprint density at radius 3 is 2.81 bits per heavy atom. The number of H-pyrrole nitrogens is 1. The van der Waals surface area contributed by atoms with Crippen molar-refractivity contribution in [3.05, 3.63) is 62.7 Å². The summed E-state index contributed by atoms with van der Waals surface area (Å²) in [6, 6.07) is 4.22. The lowest BCUT2D eigenvalue weighted by Gasteiger charge is -2.07. The summed E-state index contributed by atoms with van der Waals surface area (Å²) in [5.41, 5.74) is 0.704. The molecule has 0 spiro atoms. The number of nitrogens with zero attached hydrogens (tertiary/aromatic N) is 2. The van der Waals surface area contributed by atoms with Gasteiger partial charge < -0.3 is 10.3 Å². The normalized spacial score (nSPS) is 10.3. The maximum atomic E-state index is 11.8. The number of carbonyl (C=O) groups is 1. The molecule has 2 N–H and O–H groups in total. The van der Waals surface area contributed by atoms with Gasteiger partial charge in [0.15, 0.2) is 0 Å². The number of hydrogen-bond donors (Lipinski definition) is 2. The number of hydrogen-bond acceptors (Lipinski definition) is 4. The highest BCUT2D eigenvalue weighted by Gasteiger charge is 2.05. The number of nitrogens with one attached hydrogen (secondary N) is 2. The van der Waals surface area contributed by atoms with Crippen LogP contribution in [0.15, 0.2) is 40.3 Å². The van der Waals surface area contributed by atoms with Gasteiger partial charge in [-0.05, 0) is 12.5 Å². The molecular formula is C14H16N4O3. The molecule has 0 aliphatic heterocycles. The van der Waals surface area contributed by atoms with Crippen LogP contribution >= 0.6 is 0 Å². The van der Waals surface area contributed by atoms with Gasteiger partial charge in [0.1, 0.15) is 0 Å². The molecule has 0 aliphatic rings. The number of aromatic amines is 1. The van der Waals surface area contributed by atoms with Crippen molar-refractivity contribution < 1.29 is 4.79 Å². The highest BCUT2D eigenvalue weighted by atomic mass is 16.2. The number of aromatic nitrogens is 3. The van der Waals surface area contributed by atoms with Gasteiger partial charge in [-0.25, -0.2) is 4.98 Å². The van der Waals surface area contributed by atoms with Crippen LogP contribution in [0.3, 0.4) is 0 Å². The van der Waals surface area contributed by atoms with Crippen molar-refractivity contribution in [2.45, 2.75) is 19.9 Å². The first kappa shape index (κ1) is 14.7. The van der Waals surface area contributed by atoms with Gasteiger partial charge in [-0.3, -0.25) is 19.0 Å². The maximum absolute atomic E-state index is 11.8. The number of aryl methyl sites for hydroxylation is 1. The van der Waals surface area contributed by atoms with Gasteiger partial charge in [-0.15, -0.1) is 0 Å². The van der Waals surface area contributed by atoms with E-state index in [1.165, 1.54) is 35.3 Å². The molecule has 2 heterocycles. The van der Waals surface area contributed by atoms with Crippen LogP contribution in [-0.2, 0) is 13.0 Å². The Bertz CT molecular complexity index is 728. The topological polar surface area (TPSA) is 96.9 Å². The Kier molecular flexibility index (Phi) is 4.65. The third-order valence-corrected chi connectivity index (χ3v) is 2.98. The first-order valence-electron chi connectivity index (χ1n) is 6.62. The lowest BCUT2D eigenvalue weighted by Crippen LogP contribution is -2.31. The van der Waals surface area contributed by atoms with Crippen LogP contribution < -0.4 is 16.4 Å². The molecule has 110 valence electrons. The molecule has 2 rings (SSSR count). The monoisotopic (exact) mass is 288 g/mol. The molecule has 21 heavy (non-hydrogen) atoms. The maximum Gasteiger partial charge on any atom is 0.253 e. The molecule has 0 aliphatic carbocycles. The van der Waals surface area contributed by atoms with E-state index in [-0.39, 0.29) is 17.0 Å². The van der Waals surface area contributed by atoms with E-state index in [1.54, 1.807) is 0 Å². The number of pyridine rings is 1. The summed E-state index contributed by atoms with van der Waals surface area (Å²) in [4.78, 5) is 41.0. The molecule has 7 nitrogen and oxygen atoms in total. The lowest BCUT2D eigenvalue weighted by atomic mass is 10.2. The molecule has 0 atom stereocenters. The fraction of sp³-hybridized carbons (Fsp3) is 0.286. The van der Waals surface area contributed by atoms with E-state index in [4.69, 9.17) is 0 Å². The largest absolute Gasteiger partial charge is 0.350 e. The zero-order chi connectivity index (χ0) is 15.2. The molecule has 0 bridgehead atoms. The van der Waals surface area contributed by atoms with Gasteiger partial charge in [0, 0.05) is 37.1 Å². The van der Waals surface area contributed by atoms with Crippen molar-refractivity contribution in [2.24, 2.45) is 0 Å². The Hall–Kier alpha value is -2.70. The average molecular weight is 288 g/mol. The van der Waals surface area contributed by atoms with E-state index in [0.717, 1.165) is 5.69 Å². The van der Waals surface area contributed by atoms with Crippen LogP contribution in [0.25, 0.3) is 0 Å². The van der Waals surface area contributed by atoms with E-state index in [1.807, 2.05) is 6.92 Å². The third kappa shape index (κ3) is 3.88. The Balaban J connectivity index is 1.92. The van der Waals surface area contributed by atoms with E-state index < -0.39 is 0 Å². The van der Waals surface area contributed by atoms with Crippen LogP contribution in [0.4, 0.5) is 0 Å². The Labute approximate surface area is 120 Å². The number of rotatable bonds is 5. The number of carbonyl (C=O) groups excluding carboxylic acids is 1. The van der Waals surface area contributed by atoms with E-state index in [9.17, 15) is 14.4 Å². The van der Waals surface area contributed by atoms with Crippen molar-refractivity contribution >= 4 is 5.91 Å². The van der Waals surface area contributed by atoms with Crippen molar-refractivity contribution in [1.29, 1.82) is 0 Å². The second kappa shape index (κ2) is 6.65. The lowest BCUT2D eigenvalue weighted by molar-refractivity contribution is 0.0951. The summed E-state index contributed by atoms with van der Waals surface area (Å²) in [5.74, 6) is -0.308. The van der Waals surface area contributed by atoms with E-state index >= 15 is 0 Å². The van der Waals surface area contributed by atoms with Crippen molar-refractivity contribution in [2.75, 3.05) is 6.54 Å². The molecule has 0 saturated heterocycles. The summed E-state index contributed by atoms with van der Waals surface area (Å²) < 4.78 is 1.44. The molecule has 0 saturated carbocycles.